The number of hydrogen-bond acceptors (Lipinski definition) is 1. The third-order valence-corrected chi connectivity index (χ3v) is 14.0. The summed E-state index contributed by atoms with van der Waals surface area (Å²) in [5.74, 6) is 0.659. The van der Waals surface area contributed by atoms with Crippen LogP contribution < -0.4 is 4.90 Å². The number of para-hydroxylation sites is 1. The zero-order valence-electron chi connectivity index (χ0n) is 49.0. The van der Waals surface area contributed by atoms with Crippen LogP contribution in [0.25, 0.3) is 33.0 Å². The molecule has 0 aromatic heterocycles. The van der Waals surface area contributed by atoms with Crippen LogP contribution in [-0.4, -0.2) is 0 Å². The van der Waals surface area contributed by atoms with Crippen LogP contribution in [0.3, 0.4) is 0 Å². The van der Waals surface area contributed by atoms with Gasteiger partial charge in [-0.3, -0.25) is 0 Å². The van der Waals surface area contributed by atoms with Gasteiger partial charge in [0.15, 0.2) is 0 Å². The number of hydrogen-bond donors (Lipinski definition) is 0. The van der Waals surface area contributed by atoms with Crippen LogP contribution in [0.4, 0.5) is 17.1 Å². The van der Waals surface area contributed by atoms with E-state index >= 15 is 0 Å². The number of benzene rings is 10. The number of anilines is 3. The molecule has 1 aliphatic rings. The molecule has 10 aromatic carbocycles. The summed E-state index contributed by atoms with van der Waals surface area (Å²) in [6.45, 7) is 30.5. The summed E-state index contributed by atoms with van der Waals surface area (Å²) >= 11 is 0. The second-order valence-corrected chi connectivity index (χ2v) is 19.8. The summed E-state index contributed by atoms with van der Waals surface area (Å²) in [6.07, 6.45) is 6.78. The first kappa shape index (κ1) is 59.7. The van der Waals surface area contributed by atoms with Crippen LogP contribution in [0.2, 0.25) is 0 Å². The predicted molar refractivity (Wildman–Crippen MR) is 349 cm³/mol. The quantitative estimate of drug-likeness (QED) is 0.0975. The Morgan fingerprint density at radius 3 is 1.49 bits per heavy atom. The van der Waals surface area contributed by atoms with E-state index in [-0.39, 0.29) is 0 Å². The Bertz CT molecular complexity index is 3440. The fourth-order valence-electron chi connectivity index (χ4n) is 10.3. The maximum atomic E-state index is 3.99. The molecule has 0 aliphatic heterocycles. The highest BCUT2D eigenvalue weighted by molar-refractivity contribution is 6.11. The maximum Gasteiger partial charge on any atom is 0.0714 e. The van der Waals surface area contributed by atoms with Gasteiger partial charge in [0.1, 0.15) is 0 Å². The van der Waals surface area contributed by atoms with Gasteiger partial charge in [-0.25, -0.2) is 0 Å². The fourth-order valence-corrected chi connectivity index (χ4v) is 10.3. The number of nitrogens with zero attached hydrogens (tertiary/aromatic N) is 1. The minimum absolute atomic E-state index is 0.496. The molecule has 0 saturated carbocycles. The Morgan fingerprint density at radius 2 is 1.00 bits per heavy atom. The Hall–Kier alpha value is -8.52. The predicted octanol–water partition coefficient (Wildman–Crippen LogP) is 22.7. The first-order chi connectivity index (χ1) is 38.5. The number of fused-ring (bicyclic) bond motifs is 5. The number of allylic oxidation sites excluding steroid dienone is 4. The molecular formula is C78H83N. The van der Waals surface area contributed by atoms with Gasteiger partial charge in [0.25, 0.3) is 0 Å². The lowest BCUT2D eigenvalue weighted by Crippen LogP contribution is -2.29. The smallest absolute Gasteiger partial charge is 0.0714 e. The molecule has 0 amide bonds. The molecule has 1 nitrogen and oxygen atoms in total. The van der Waals surface area contributed by atoms with Gasteiger partial charge < -0.3 is 4.90 Å². The molecule has 0 bridgehead atoms. The second kappa shape index (κ2) is 29.8. The molecule has 0 saturated heterocycles. The van der Waals surface area contributed by atoms with Gasteiger partial charge in [-0.2, -0.15) is 0 Å². The lowest BCUT2D eigenvalue weighted by atomic mass is 9.67. The Kier molecular flexibility index (Phi) is 22.6. The average Bonchev–Trinajstić information content (AvgIpc) is 3.50. The lowest BCUT2D eigenvalue weighted by molar-refractivity contribution is 0.768. The van der Waals surface area contributed by atoms with Gasteiger partial charge >= 0.3 is 0 Å². The van der Waals surface area contributed by atoms with Crippen molar-refractivity contribution >= 4 is 27.8 Å². The highest BCUT2D eigenvalue weighted by Gasteiger charge is 2.47. The third-order valence-electron chi connectivity index (χ3n) is 14.0. The molecule has 0 fully saturated rings. The SMILES string of the molecule is C=C(C)/C=C\C.C=CCc1ccc(N(c2ccccc2)c2cc3c(c4ccccc24)-c2ccc(C)cc2C3(c2ccccc2)c2ccccc2)cc1C.CC.CC.CC(C)c1ccccc1.Cc1ccc(-c2ccccc2)cc1. The molecule has 10 aromatic rings. The van der Waals surface area contributed by atoms with Crippen molar-refractivity contribution < 1.29 is 0 Å². The highest BCUT2D eigenvalue weighted by atomic mass is 15.1. The van der Waals surface area contributed by atoms with E-state index in [2.05, 4.69) is 283 Å². The van der Waals surface area contributed by atoms with Crippen LogP contribution in [0.15, 0.2) is 280 Å². The average molecular weight is 1030 g/mol. The van der Waals surface area contributed by atoms with E-state index in [0.29, 0.717) is 5.92 Å². The second-order valence-electron chi connectivity index (χ2n) is 19.8. The monoisotopic (exact) mass is 1030 g/mol. The maximum absolute atomic E-state index is 3.99. The molecule has 0 spiro atoms. The van der Waals surface area contributed by atoms with Crippen LogP contribution in [0, 0.1) is 20.8 Å². The van der Waals surface area contributed by atoms with Crippen molar-refractivity contribution in [1.82, 2.24) is 0 Å². The Labute approximate surface area is 476 Å². The van der Waals surface area contributed by atoms with Crippen LogP contribution in [-0.2, 0) is 11.8 Å². The number of rotatable bonds is 10. The van der Waals surface area contributed by atoms with Crippen molar-refractivity contribution in [1.29, 1.82) is 0 Å². The van der Waals surface area contributed by atoms with Crippen LogP contribution in [0.5, 0.6) is 0 Å². The van der Waals surface area contributed by atoms with Crippen molar-refractivity contribution in [3.63, 3.8) is 0 Å². The van der Waals surface area contributed by atoms with Gasteiger partial charge in [0.2, 0.25) is 0 Å². The van der Waals surface area contributed by atoms with E-state index in [1.54, 1.807) is 0 Å². The Balaban J connectivity index is 0.000000255. The molecule has 11 rings (SSSR count). The van der Waals surface area contributed by atoms with Crippen LogP contribution in [0.1, 0.15) is 111 Å². The van der Waals surface area contributed by atoms with Crippen molar-refractivity contribution in [3.8, 4) is 22.3 Å². The van der Waals surface area contributed by atoms with E-state index < -0.39 is 5.41 Å². The molecule has 0 unspecified atom stereocenters. The molecule has 0 atom stereocenters. The van der Waals surface area contributed by atoms with Crippen LogP contribution >= 0.6 is 0 Å². The first-order valence-electron chi connectivity index (χ1n) is 28.3. The summed E-state index contributed by atoms with van der Waals surface area (Å²) in [7, 11) is 0. The molecule has 0 radical (unpaired) electrons. The molecule has 400 valence electrons. The van der Waals surface area contributed by atoms with Crippen molar-refractivity contribution in [2.75, 3.05) is 4.90 Å². The van der Waals surface area contributed by atoms with E-state index in [0.717, 1.165) is 23.4 Å². The third kappa shape index (κ3) is 14.4. The van der Waals surface area contributed by atoms with Crippen molar-refractivity contribution in [3.05, 3.63) is 330 Å². The molecule has 79 heavy (non-hydrogen) atoms. The minimum Gasteiger partial charge on any atom is -0.310 e. The molecular weight excluding hydrogens is 951 g/mol. The van der Waals surface area contributed by atoms with E-state index in [1.165, 1.54) is 88.8 Å². The Morgan fingerprint density at radius 1 is 0.506 bits per heavy atom. The topological polar surface area (TPSA) is 3.24 Å². The van der Waals surface area contributed by atoms with Crippen molar-refractivity contribution in [2.45, 2.75) is 93.9 Å². The van der Waals surface area contributed by atoms with Gasteiger partial charge in [-0.15, -0.1) is 6.58 Å². The van der Waals surface area contributed by atoms with E-state index in [4.69, 9.17) is 0 Å². The summed E-state index contributed by atoms with van der Waals surface area (Å²) < 4.78 is 0. The molecule has 1 heteroatoms. The zero-order valence-corrected chi connectivity index (χ0v) is 49.0. The largest absolute Gasteiger partial charge is 0.310 e. The summed E-state index contributed by atoms with van der Waals surface area (Å²) in [5.41, 5.74) is 21.0. The molecule has 0 heterocycles. The summed E-state index contributed by atoms with van der Waals surface area (Å²) in [4.78, 5) is 2.45. The van der Waals surface area contributed by atoms with E-state index in [1.807, 2.05) is 71.9 Å². The standard InChI is InChI=1S/C46H37N.C13H12.C9H12.C6H10.2C2H6/c1-4-16-34-26-27-38(30-33(34)3)47(37-21-12-7-13-22-37)44-31-43-45(40-24-15-14-23-39(40)44)41-28-25-32(2)29-42(41)46(43,35-17-8-5-9-18-35)36-19-10-6-11-20-36;1-11-7-9-13(10-8-11)12-5-3-2-4-6-12;1-8(2)9-6-4-3-5-7-9;1-4-5-6(2)3;2*1-2/h4-15,17-31H,1,16H2,2-3H3;2-10H,1H3;3-8H,1-2H3;4-5H,2H2,1,3H3;2*1-2H3/b;;;5-4-;;. The van der Waals surface area contributed by atoms with Gasteiger partial charge in [-0.05, 0) is 144 Å². The molecule has 1 aliphatic carbocycles. The summed E-state index contributed by atoms with van der Waals surface area (Å²) in [6, 6.07) is 87.9. The molecule has 0 N–H and O–H groups in total. The van der Waals surface area contributed by atoms with Gasteiger partial charge in [0, 0.05) is 16.8 Å². The lowest BCUT2D eigenvalue weighted by Gasteiger charge is -2.35. The first-order valence-corrected chi connectivity index (χ1v) is 28.3. The minimum atomic E-state index is -0.496. The van der Waals surface area contributed by atoms with Crippen molar-refractivity contribution in [2.24, 2.45) is 0 Å². The number of aryl methyl sites for hydroxylation is 3. The van der Waals surface area contributed by atoms with Gasteiger partial charge in [0.05, 0.1) is 11.1 Å². The van der Waals surface area contributed by atoms with Gasteiger partial charge in [-0.1, -0.05) is 295 Å². The fraction of sp³-hybridized carbons (Fsp3) is 0.179. The van der Waals surface area contributed by atoms with E-state index in [9.17, 15) is 0 Å². The summed E-state index contributed by atoms with van der Waals surface area (Å²) in [5, 5.41) is 2.49. The zero-order chi connectivity index (χ0) is 56.7. The highest BCUT2D eigenvalue weighted by Crippen LogP contribution is 2.60. The normalized spacial score (nSPS) is 11.3.